The van der Waals surface area contributed by atoms with Crippen molar-refractivity contribution in [3.8, 4) is 17.1 Å². The van der Waals surface area contributed by atoms with E-state index in [1.54, 1.807) is 19.1 Å². The number of aromatic hydroxyl groups is 1. The molecular weight excluding hydrogens is 370 g/mol. The molecule has 3 N–H and O–H groups in total. The Morgan fingerprint density at radius 2 is 1.78 bits per heavy atom. The molecule has 0 radical (unpaired) electrons. The fraction of sp³-hybridized carbons (Fsp3) is 0.100. The number of amides is 1. The van der Waals surface area contributed by atoms with Gasteiger partial charge in [0.2, 0.25) is 0 Å². The van der Waals surface area contributed by atoms with Crippen LogP contribution in [0.4, 0.5) is 5.69 Å². The van der Waals surface area contributed by atoms with Crippen molar-refractivity contribution in [2.45, 2.75) is 13.8 Å². The summed E-state index contributed by atoms with van der Waals surface area (Å²) in [6.45, 7) is 3.43. The van der Waals surface area contributed by atoms with Gasteiger partial charge in [0, 0.05) is 16.3 Å². The Balaban J connectivity index is 1.84. The number of furan rings is 1. The van der Waals surface area contributed by atoms with Gasteiger partial charge in [0.05, 0.1) is 0 Å². The number of hydrogen-bond acceptors (Lipinski definition) is 4. The van der Waals surface area contributed by atoms with E-state index in [0.717, 1.165) is 11.1 Å². The second-order valence-electron chi connectivity index (χ2n) is 6.08. The van der Waals surface area contributed by atoms with E-state index in [-0.39, 0.29) is 22.8 Å². The topological polar surface area (TPSA) is 99.8 Å². The first-order valence-corrected chi connectivity index (χ1v) is 8.38. The number of rotatable bonds is 4. The summed E-state index contributed by atoms with van der Waals surface area (Å²) >= 11 is 6.12. The maximum atomic E-state index is 12.4. The molecule has 6 nitrogen and oxygen atoms in total. The van der Waals surface area contributed by atoms with Gasteiger partial charge < -0.3 is 19.9 Å². The Hall–Kier alpha value is -3.25. The van der Waals surface area contributed by atoms with Crippen molar-refractivity contribution in [1.82, 2.24) is 0 Å². The summed E-state index contributed by atoms with van der Waals surface area (Å²) in [4.78, 5) is 23.6. The average molecular weight is 386 g/mol. The van der Waals surface area contributed by atoms with Crippen LogP contribution in [0.3, 0.4) is 0 Å². The molecule has 0 saturated heterocycles. The quantitative estimate of drug-likeness (QED) is 0.556. The minimum Gasteiger partial charge on any atom is -0.507 e. The molecule has 1 heterocycles. The standard InChI is InChI=1S/C20H16ClNO5/c1-10-3-4-12(8-15(10)21)16-5-6-17(27-16)19(24)22-13-7-11(2)18(23)14(9-13)20(25)26/h3-9,23H,1-2H3,(H,22,24)(H,25,26). The molecule has 7 heteroatoms. The van der Waals surface area contributed by atoms with Crippen molar-refractivity contribution in [3.05, 3.63) is 69.9 Å². The first kappa shape index (κ1) is 18.5. The van der Waals surface area contributed by atoms with Crippen LogP contribution in [0.1, 0.15) is 32.0 Å². The predicted octanol–water partition coefficient (Wildman–Crippen LogP) is 4.87. The summed E-state index contributed by atoms with van der Waals surface area (Å²) in [6.07, 6.45) is 0. The smallest absolute Gasteiger partial charge is 0.339 e. The molecule has 27 heavy (non-hydrogen) atoms. The number of carbonyl (C=O) groups excluding carboxylic acids is 1. The zero-order valence-electron chi connectivity index (χ0n) is 14.5. The van der Waals surface area contributed by atoms with E-state index >= 15 is 0 Å². The van der Waals surface area contributed by atoms with Gasteiger partial charge in [-0.15, -0.1) is 0 Å². The third kappa shape index (κ3) is 3.80. The van der Waals surface area contributed by atoms with Gasteiger partial charge >= 0.3 is 5.97 Å². The van der Waals surface area contributed by atoms with Crippen molar-refractivity contribution in [1.29, 1.82) is 0 Å². The molecule has 138 valence electrons. The third-order valence-corrected chi connectivity index (χ3v) is 4.48. The van der Waals surface area contributed by atoms with Crippen LogP contribution in [-0.2, 0) is 0 Å². The Labute approximate surface area is 160 Å². The first-order valence-electron chi connectivity index (χ1n) is 8.01. The van der Waals surface area contributed by atoms with Gasteiger partial charge in [-0.1, -0.05) is 23.7 Å². The summed E-state index contributed by atoms with van der Waals surface area (Å²) in [7, 11) is 0. The van der Waals surface area contributed by atoms with Crippen molar-refractivity contribution in [3.63, 3.8) is 0 Å². The van der Waals surface area contributed by atoms with Crippen LogP contribution in [0.5, 0.6) is 5.75 Å². The summed E-state index contributed by atoms with van der Waals surface area (Å²) in [6, 6.07) is 11.3. The Morgan fingerprint density at radius 1 is 1.04 bits per heavy atom. The van der Waals surface area contributed by atoms with E-state index in [1.165, 1.54) is 18.2 Å². The molecule has 0 bridgehead atoms. The van der Waals surface area contributed by atoms with Crippen molar-refractivity contribution < 1.29 is 24.2 Å². The predicted molar refractivity (Wildman–Crippen MR) is 102 cm³/mol. The molecule has 1 amide bonds. The number of aryl methyl sites for hydroxylation is 2. The van der Waals surface area contributed by atoms with Crippen LogP contribution in [0.15, 0.2) is 46.9 Å². The molecule has 3 aromatic rings. The minimum atomic E-state index is -1.29. The maximum Gasteiger partial charge on any atom is 0.339 e. The van der Waals surface area contributed by atoms with Crippen molar-refractivity contribution in [2.75, 3.05) is 5.32 Å². The Morgan fingerprint density at radius 3 is 2.44 bits per heavy atom. The SMILES string of the molecule is Cc1ccc(-c2ccc(C(=O)Nc3cc(C)c(O)c(C(=O)O)c3)o2)cc1Cl. The van der Waals surface area contributed by atoms with Crippen molar-refractivity contribution >= 4 is 29.2 Å². The minimum absolute atomic E-state index is 0.0595. The zero-order valence-corrected chi connectivity index (χ0v) is 15.3. The molecule has 1 aromatic heterocycles. The van der Waals surface area contributed by atoms with E-state index in [9.17, 15) is 14.7 Å². The molecule has 2 aromatic carbocycles. The van der Waals surface area contributed by atoms with E-state index in [2.05, 4.69) is 5.32 Å². The van der Waals surface area contributed by atoms with Crippen molar-refractivity contribution in [2.24, 2.45) is 0 Å². The lowest BCUT2D eigenvalue weighted by atomic mass is 10.1. The van der Waals surface area contributed by atoms with Gasteiger partial charge in [0.15, 0.2) is 5.76 Å². The molecular formula is C20H16ClNO5. The molecule has 0 spiro atoms. The fourth-order valence-electron chi connectivity index (χ4n) is 2.57. The highest BCUT2D eigenvalue weighted by Crippen LogP contribution is 2.29. The lowest BCUT2D eigenvalue weighted by Crippen LogP contribution is -2.12. The number of carboxylic acids is 1. The van der Waals surface area contributed by atoms with Gasteiger partial charge in [-0.2, -0.15) is 0 Å². The highest BCUT2D eigenvalue weighted by atomic mass is 35.5. The largest absolute Gasteiger partial charge is 0.507 e. The van der Waals surface area contributed by atoms with E-state index < -0.39 is 11.9 Å². The van der Waals surface area contributed by atoms with Gasteiger partial charge in [-0.25, -0.2) is 4.79 Å². The fourth-order valence-corrected chi connectivity index (χ4v) is 2.75. The van der Waals surface area contributed by atoms with Crippen LogP contribution in [0.2, 0.25) is 5.02 Å². The Bertz CT molecular complexity index is 1050. The summed E-state index contributed by atoms with van der Waals surface area (Å²) in [5, 5.41) is 22.1. The van der Waals surface area contributed by atoms with Gasteiger partial charge in [-0.3, -0.25) is 4.79 Å². The normalized spacial score (nSPS) is 10.6. The molecule has 0 unspecified atom stereocenters. The summed E-state index contributed by atoms with van der Waals surface area (Å²) in [5.41, 5.74) is 1.95. The second-order valence-corrected chi connectivity index (χ2v) is 6.48. The molecule has 0 saturated carbocycles. The third-order valence-electron chi connectivity index (χ3n) is 4.07. The molecule has 0 fully saturated rings. The number of hydrogen-bond donors (Lipinski definition) is 3. The highest BCUT2D eigenvalue weighted by Gasteiger charge is 2.17. The summed E-state index contributed by atoms with van der Waals surface area (Å²) in [5.74, 6) is -1.62. The number of carbonyl (C=O) groups is 2. The van der Waals surface area contributed by atoms with Crippen LogP contribution in [0, 0.1) is 13.8 Å². The number of nitrogens with one attached hydrogen (secondary N) is 1. The van der Waals surface area contributed by atoms with E-state index in [4.69, 9.17) is 21.1 Å². The summed E-state index contributed by atoms with van der Waals surface area (Å²) < 4.78 is 5.59. The molecule has 3 rings (SSSR count). The molecule has 0 aliphatic rings. The zero-order chi connectivity index (χ0) is 19.7. The second kappa shape index (κ2) is 7.17. The van der Waals surface area contributed by atoms with Gasteiger partial charge in [-0.05, 0) is 55.3 Å². The van der Waals surface area contributed by atoms with Crippen LogP contribution >= 0.6 is 11.6 Å². The number of halogens is 1. The van der Waals surface area contributed by atoms with E-state index in [1.807, 2.05) is 19.1 Å². The van der Waals surface area contributed by atoms with E-state index in [0.29, 0.717) is 16.3 Å². The first-order chi connectivity index (χ1) is 12.8. The highest BCUT2D eigenvalue weighted by molar-refractivity contribution is 6.31. The lowest BCUT2D eigenvalue weighted by Gasteiger charge is -2.09. The number of aromatic carboxylic acids is 1. The number of phenols is 1. The van der Waals surface area contributed by atoms with Gasteiger partial charge in [0.25, 0.3) is 5.91 Å². The lowest BCUT2D eigenvalue weighted by molar-refractivity contribution is 0.0693. The molecule has 0 aliphatic carbocycles. The Kier molecular flexibility index (Phi) is 4.92. The van der Waals surface area contributed by atoms with Crippen LogP contribution in [-0.4, -0.2) is 22.1 Å². The molecule has 0 atom stereocenters. The maximum absolute atomic E-state index is 12.4. The number of benzene rings is 2. The van der Waals surface area contributed by atoms with Crippen LogP contribution in [0.25, 0.3) is 11.3 Å². The van der Waals surface area contributed by atoms with Crippen LogP contribution < -0.4 is 5.32 Å². The van der Waals surface area contributed by atoms with Gasteiger partial charge in [0.1, 0.15) is 17.1 Å². The molecule has 0 aliphatic heterocycles. The monoisotopic (exact) mass is 385 g/mol. The number of carboxylic acid groups (broad SMARTS) is 1. The number of anilines is 1. The average Bonchev–Trinajstić information content (AvgIpc) is 3.10.